The van der Waals surface area contributed by atoms with Crippen molar-refractivity contribution in [2.45, 2.75) is 31.8 Å². The average molecular weight is 291 g/mol. The molecule has 2 unspecified atom stereocenters. The van der Waals surface area contributed by atoms with Gasteiger partial charge in [0.1, 0.15) is 0 Å². The molecule has 0 bridgehead atoms. The number of hydrogen-bond acceptors (Lipinski definition) is 4. The molecule has 0 saturated carbocycles. The second-order valence-electron chi connectivity index (χ2n) is 5.47. The monoisotopic (exact) mass is 291 g/mol. The summed E-state index contributed by atoms with van der Waals surface area (Å²) in [5.41, 5.74) is 5.68. The molecule has 0 spiro atoms. The molecular weight excluding hydrogens is 266 g/mol. The lowest BCUT2D eigenvalue weighted by molar-refractivity contribution is 0.0547. The molecule has 0 aromatic carbocycles. The number of rotatable bonds is 4. The highest BCUT2D eigenvalue weighted by atomic mass is 32.2. The smallest absolute Gasteiger partial charge is 0.282 e. The van der Waals surface area contributed by atoms with Gasteiger partial charge < -0.3 is 10.5 Å². The molecular formula is C12H25N3O3S. The van der Waals surface area contributed by atoms with Gasteiger partial charge >= 0.3 is 0 Å². The van der Waals surface area contributed by atoms with Crippen LogP contribution in [-0.2, 0) is 14.9 Å². The van der Waals surface area contributed by atoms with Crippen LogP contribution in [0.3, 0.4) is 0 Å². The number of ether oxygens (including phenoxy) is 1. The second kappa shape index (κ2) is 6.49. The molecule has 0 amide bonds. The number of nitrogens with zero attached hydrogens (tertiary/aromatic N) is 2. The summed E-state index contributed by atoms with van der Waals surface area (Å²) < 4.78 is 33.7. The maximum Gasteiger partial charge on any atom is 0.282 e. The van der Waals surface area contributed by atoms with Crippen molar-refractivity contribution < 1.29 is 13.2 Å². The number of nitrogens with two attached hydrogens (primary N) is 1. The van der Waals surface area contributed by atoms with E-state index in [1.165, 1.54) is 0 Å². The highest BCUT2D eigenvalue weighted by molar-refractivity contribution is 7.86. The van der Waals surface area contributed by atoms with Crippen molar-refractivity contribution in [3.05, 3.63) is 0 Å². The van der Waals surface area contributed by atoms with E-state index in [0.29, 0.717) is 38.6 Å². The molecule has 2 fully saturated rings. The Kier molecular flexibility index (Phi) is 5.19. The Balaban J connectivity index is 2.04. The fourth-order valence-electron chi connectivity index (χ4n) is 2.90. The van der Waals surface area contributed by atoms with Gasteiger partial charge in [0, 0.05) is 33.3 Å². The molecule has 0 aromatic rings. The van der Waals surface area contributed by atoms with Crippen LogP contribution in [-0.4, -0.2) is 63.0 Å². The van der Waals surface area contributed by atoms with Gasteiger partial charge in [0.2, 0.25) is 0 Å². The Morgan fingerprint density at radius 1 is 1.16 bits per heavy atom. The molecule has 2 saturated heterocycles. The maximum atomic E-state index is 12.6. The first kappa shape index (κ1) is 15.2. The Morgan fingerprint density at radius 3 is 2.42 bits per heavy atom. The molecule has 2 heterocycles. The van der Waals surface area contributed by atoms with E-state index in [0.717, 1.165) is 25.7 Å². The summed E-state index contributed by atoms with van der Waals surface area (Å²) in [6, 6.07) is 0. The lowest BCUT2D eigenvalue weighted by Crippen LogP contribution is -2.52. The Hall–Kier alpha value is -0.210. The molecule has 112 valence electrons. The van der Waals surface area contributed by atoms with Crippen LogP contribution >= 0.6 is 0 Å². The van der Waals surface area contributed by atoms with Crippen molar-refractivity contribution >= 4 is 10.2 Å². The summed E-state index contributed by atoms with van der Waals surface area (Å²) >= 11 is 0. The van der Waals surface area contributed by atoms with Gasteiger partial charge in [-0.2, -0.15) is 17.0 Å². The van der Waals surface area contributed by atoms with E-state index in [2.05, 4.69) is 0 Å². The number of piperidine rings is 2. The Labute approximate surface area is 116 Å². The molecule has 2 aliphatic rings. The van der Waals surface area contributed by atoms with E-state index in [1.54, 1.807) is 15.7 Å². The maximum absolute atomic E-state index is 12.6. The minimum atomic E-state index is -3.34. The lowest BCUT2D eigenvalue weighted by Gasteiger charge is -2.38. The molecule has 2 rings (SSSR count). The average Bonchev–Trinajstić information content (AvgIpc) is 2.47. The quantitative estimate of drug-likeness (QED) is 0.792. The van der Waals surface area contributed by atoms with Gasteiger partial charge in [0.15, 0.2) is 0 Å². The standard InChI is InChI=1S/C12H25N3O3S/c1-18-12-5-3-7-15(10-12)19(16,17)14-6-2-4-11(8-13)9-14/h11-12H,2-10,13H2,1H3. The Morgan fingerprint density at radius 2 is 1.79 bits per heavy atom. The van der Waals surface area contributed by atoms with Crippen LogP contribution in [0, 0.1) is 5.92 Å². The first-order chi connectivity index (χ1) is 9.07. The van der Waals surface area contributed by atoms with Crippen molar-refractivity contribution in [1.82, 2.24) is 8.61 Å². The minimum absolute atomic E-state index is 0.0265. The van der Waals surface area contributed by atoms with Crippen LogP contribution in [0.5, 0.6) is 0 Å². The van der Waals surface area contributed by atoms with Crippen LogP contribution in [0.1, 0.15) is 25.7 Å². The van der Waals surface area contributed by atoms with Crippen molar-refractivity contribution in [3.63, 3.8) is 0 Å². The summed E-state index contributed by atoms with van der Waals surface area (Å²) in [6.45, 7) is 2.82. The van der Waals surface area contributed by atoms with Gasteiger partial charge in [-0.25, -0.2) is 0 Å². The molecule has 7 heteroatoms. The van der Waals surface area contributed by atoms with Crippen molar-refractivity contribution in [2.75, 3.05) is 39.8 Å². The predicted octanol–water partition coefficient (Wildman–Crippen LogP) is 0.0127. The zero-order chi connectivity index (χ0) is 13.9. The zero-order valence-electron chi connectivity index (χ0n) is 11.6. The molecule has 2 N–H and O–H groups in total. The molecule has 2 atom stereocenters. The minimum Gasteiger partial charge on any atom is -0.380 e. The first-order valence-electron chi connectivity index (χ1n) is 7.06. The van der Waals surface area contributed by atoms with Crippen LogP contribution in [0.25, 0.3) is 0 Å². The number of hydrogen-bond donors (Lipinski definition) is 1. The fourth-order valence-corrected chi connectivity index (χ4v) is 4.70. The first-order valence-corrected chi connectivity index (χ1v) is 8.45. The van der Waals surface area contributed by atoms with Crippen LogP contribution in [0.15, 0.2) is 0 Å². The molecule has 0 aromatic heterocycles. The van der Waals surface area contributed by atoms with Gasteiger partial charge in [-0.3, -0.25) is 0 Å². The third kappa shape index (κ3) is 3.46. The van der Waals surface area contributed by atoms with Gasteiger partial charge in [0.25, 0.3) is 10.2 Å². The molecule has 19 heavy (non-hydrogen) atoms. The van der Waals surface area contributed by atoms with E-state index in [9.17, 15) is 8.42 Å². The van der Waals surface area contributed by atoms with E-state index in [-0.39, 0.29) is 6.10 Å². The fraction of sp³-hybridized carbons (Fsp3) is 1.00. The van der Waals surface area contributed by atoms with Gasteiger partial charge in [-0.05, 0) is 38.1 Å². The molecule has 0 radical (unpaired) electrons. The SMILES string of the molecule is COC1CCCN(S(=O)(=O)N2CCCC(CN)C2)C1. The second-order valence-corrected chi connectivity index (χ2v) is 7.40. The third-order valence-electron chi connectivity index (χ3n) is 4.14. The highest BCUT2D eigenvalue weighted by Crippen LogP contribution is 2.23. The van der Waals surface area contributed by atoms with E-state index in [4.69, 9.17) is 10.5 Å². The van der Waals surface area contributed by atoms with Gasteiger partial charge in [-0.15, -0.1) is 0 Å². The van der Waals surface area contributed by atoms with E-state index < -0.39 is 10.2 Å². The normalized spacial score (nSPS) is 31.5. The van der Waals surface area contributed by atoms with Crippen LogP contribution < -0.4 is 5.73 Å². The molecule has 2 aliphatic heterocycles. The highest BCUT2D eigenvalue weighted by Gasteiger charge is 2.35. The number of methoxy groups -OCH3 is 1. The summed E-state index contributed by atoms with van der Waals surface area (Å²) in [5.74, 6) is 0.298. The summed E-state index contributed by atoms with van der Waals surface area (Å²) in [5, 5.41) is 0. The van der Waals surface area contributed by atoms with Crippen molar-refractivity contribution in [3.8, 4) is 0 Å². The van der Waals surface area contributed by atoms with Gasteiger partial charge in [-0.1, -0.05) is 0 Å². The largest absolute Gasteiger partial charge is 0.380 e. The van der Waals surface area contributed by atoms with Crippen LogP contribution in [0.4, 0.5) is 0 Å². The van der Waals surface area contributed by atoms with Crippen molar-refractivity contribution in [1.29, 1.82) is 0 Å². The Bertz CT molecular complexity index is 358. The summed E-state index contributed by atoms with van der Waals surface area (Å²) in [7, 11) is -1.70. The van der Waals surface area contributed by atoms with Gasteiger partial charge in [0.05, 0.1) is 6.10 Å². The van der Waals surface area contributed by atoms with E-state index in [1.807, 2.05) is 0 Å². The van der Waals surface area contributed by atoms with Crippen LogP contribution in [0.2, 0.25) is 0 Å². The molecule has 0 aliphatic carbocycles. The van der Waals surface area contributed by atoms with E-state index >= 15 is 0 Å². The zero-order valence-corrected chi connectivity index (χ0v) is 12.4. The topological polar surface area (TPSA) is 75.9 Å². The third-order valence-corrected chi connectivity index (χ3v) is 6.11. The van der Waals surface area contributed by atoms with Crippen molar-refractivity contribution in [2.24, 2.45) is 11.7 Å². The lowest BCUT2D eigenvalue weighted by atomic mass is 10.0. The molecule has 6 nitrogen and oxygen atoms in total. The summed E-state index contributed by atoms with van der Waals surface area (Å²) in [4.78, 5) is 0. The predicted molar refractivity (Wildman–Crippen MR) is 73.9 cm³/mol. The summed E-state index contributed by atoms with van der Waals surface area (Å²) in [6.07, 6.45) is 3.77.